The molecular formula is C10H12N4O. The zero-order valence-electron chi connectivity index (χ0n) is 8.32. The number of ether oxygens (including phenoxy) is 1. The highest BCUT2D eigenvalue weighted by Gasteiger charge is 2.10. The first-order valence-electron chi connectivity index (χ1n) is 4.46. The van der Waals surface area contributed by atoms with Gasteiger partial charge in [-0.3, -0.25) is 5.10 Å². The number of nitrogens with one attached hydrogen (secondary N) is 1. The van der Waals surface area contributed by atoms with Crippen molar-refractivity contribution in [2.45, 2.75) is 0 Å². The molecule has 5 heteroatoms. The third kappa shape index (κ3) is 1.59. The fraction of sp³-hybridized carbons (Fsp3) is 0.100. The van der Waals surface area contributed by atoms with Crippen molar-refractivity contribution in [1.82, 2.24) is 10.2 Å². The fourth-order valence-corrected chi connectivity index (χ4v) is 1.45. The van der Waals surface area contributed by atoms with E-state index in [4.69, 9.17) is 16.2 Å². The van der Waals surface area contributed by atoms with Crippen LogP contribution in [0.1, 0.15) is 0 Å². The van der Waals surface area contributed by atoms with E-state index in [1.54, 1.807) is 7.11 Å². The van der Waals surface area contributed by atoms with Crippen LogP contribution in [-0.2, 0) is 0 Å². The van der Waals surface area contributed by atoms with Gasteiger partial charge < -0.3 is 16.2 Å². The van der Waals surface area contributed by atoms with Crippen LogP contribution >= 0.6 is 0 Å². The lowest BCUT2D eigenvalue weighted by atomic mass is 10.1. The second kappa shape index (κ2) is 3.53. The van der Waals surface area contributed by atoms with Crippen molar-refractivity contribution in [1.29, 1.82) is 0 Å². The topological polar surface area (TPSA) is 90.0 Å². The van der Waals surface area contributed by atoms with Gasteiger partial charge in [-0.15, -0.1) is 0 Å². The van der Waals surface area contributed by atoms with E-state index in [0.29, 0.717) is 17.2 Å². The van der Waals surface area contributed by atoms with Crippen LogP contribution in [0.2, 0.25) is 0 Å². The van der Waals surface area contributed by atoms with E-state index in [0.717, 1.165) is 11.3 Å². The Morgan fingerprint density at radius 1 is 1.33 bits per heavy atom. The SMILES string of the molecule is COc1cccc(-c2c(N)n[nH]c2N)c1. The first kappa shape index (κ1) is 9.39. The van der Waals surface area contributed by atoms with Crippen molar-refractivity contribution in [3.05, 3.63) is 24.3 Å². The number of methoxy groups -OCH3 is 1. The Kier molecular flexibility index (Phi) is 2.21. The third-order valence-electron chi connectivity index (χ3n) is 2.18. The Morgan fingerprint density at radius 3 is 2.73 bits per heavy atom. The Bertz CT molecular complexity index is 459. The van der Waals surface area contributed by atoms with E-state index in [-0.39, 0.29) is 0 Å². The zero-order valence-corrected chi connectivity index (χ0v) is 8.32. The molecule has 5 nitrogen and oxygen atoms in total. The first-order valence-corrected chi connectivity index (χ1v) is 4.46. The maximum Gasteiger partial charge on any atom is 0.155 e. The lowest BCUT2D eigenvalue weighted by Crippen LogP contribution is -1.91. The summed E-state index contributed by atoms with van der Waals surface area (Å²) in [5.74, 6) is 1.61. The molecule has 15 heavy (non-hydrogen) atoms. The second-order valence-corrected chi connectivity index (χ2v) is 3.13. The molecule has 0 radical (unpaired) electrons. The van der Waals surface area contributed by atoms with Crippen molar-refractivity contribution in [3.8, 4) is 16.9 Å². The molecule has 0 aliphatic heterocycles. The van der Waals surface area contributed by atoms with E-state index >= 15 is 0 Å². The fourth-order valence-electron chi connectivity index (χ4n) is 1.45. The molecule has 0 unspecified atom stereocenters. The average Bonchev–Trinajstić information content (AvgIpc) is 2.59. The molecule has 0 saturated heterocycles. The minimum atomic E-state index is 0.390. The number of aromatic amines is 1. The first-order chi connectivity index (χ1) is 7.22. The van der Waals surface area contributed by atoms with Crippen LogP contribution in [0.5, 0.6) is 5.75 Å². The number of benzene rings is 1. The number of nitrogen functional groups attached to an aromatic ring is 2. The van der Waals surface area contributed by atoms with Crippen LogP contribution in [0, 0.1) is 0 Å². The van der Waals surface area contributed by atoms with Crippen molar-refractivity contribution in [2.75, 3.05) is 18.6 Å². The van der Waals surface area contributed by atoms with Gasteiger partial charge in [-0.1, -0.05) is 12.1 Å². The lowest BCUT2D eigenvalue weighted by Gasteiger charge is -2.03. The molecule has 0 aliphatic rings. The molecule has 1 aromatic carbocycles. The monoisotopic (exact) mass is 204 g/mol. The average molecular weight is 204 g/mol. The molecule has 1 heterocycles. The van der Waals surface area contributed by atoms with Gasteiger partial charge in [0.1, 0.15) is 11.6 Å². The van der Waals surface area contributed by atoms with E-state index in [9.17, 15) is 0 Å². The minimum Gasteiger partial charge on any atom is -0.497 e. The molecule has 0 saturated carbocycles. The molecule has 0 spiro atoms. The van der Waals surface area contributed by atoms with Crippen molar-refractivity contribution in [3.63, 3.8) is 0 Å². The Balaban J connectivity index is 2.53. The predicted octanol–water partition coefficient (Wildman–Crippen LogP) is 1.25. The lowest BCUT2D eigenvalue weighted by molar-refractivity contribution is 0.415. The summed E-state index contributed by atoms with van der Waals surface area (Å²) >= 11 is 0. The zero-order chi connectivity index (χ0) is 10.8. The molecule has 2 rings (SSSR count). The number of aromatic nitrogens is 2. The Hall–Kier alpha value is -2.17. The Morgan fingerprint density at radius 2 is 2.13 bits per heavy atom. The van der Waals surface area contributed by atoms with Gasteiger partial charge >= 0.3 is 0 Å². The van der Waals surface area contributed by atoms with Crippen molar-refractivity contribution >= 4 is 11.6 Å². The molecule has 0 fully saturated rings. The third-order valence-corrected chi connectivity index (χ3v) is 2.18. The molecule has 2 aromatic rings. The molecular weight excluding hydrogens is 192 g/mol. The number of nitrogens with two attached hydrogens (primary N) is 2. The normalized spacial score (nSPS) is 10.2. The van der Waals surface area contributed by atoms with Gasteiger partial charge in [0.2, 0.25) is 0 Å². The minimum absolute atomic E-state index is 0.390. The van der Waals surface area contributed by atoms with Gasteiger partial charge in [-0.2, -0.15) is 5.10 Å². The second-order valence-electron chi connectivity index (χ2n) is 3.13. The van der Waals surface area contributed by atoms with Gasteiger partial charge in [0.15, 0.2) is 5.82 Å². The molecule has 78 valence electrons. The standard InChI is InChI=1S/C10H12N4O/c1-15-7-4-2-3-6(5-7)8-9(11)13-14-10(8)12/h2-5H,1H3,(H5,11,12,13,14). The predicted molar refractivity (Wildman–Crippen MR) is 59.4 cm³/mol. The Labute approximate surface area is 87.0 Å². The quantitative estimate of drug-likeness (QED) is 0.686. The van der Waals surface area contributed by atoms with Crippen molar-refractivity contribution < 1.29 is 4.74 Å². The van der Waals surface area contributed by atoms with Gasteiger partial charge in [-0.25, -0.2) is 0 Å². The summed E-state index contributed by atoms with van der Waals surface area (Å²) in [6, 6.07) is 7.49. The maximum atomic E-state index is 5.73. The van der Waals surface area contributed by atoms with E-state index in [2.05, 4.69) is 10.2 Å². The van der Waals surface area contributed by atoms with Crippen molar-refractivity contribution in [2.24, 2.45) is 0 Å². The van der Waals surface area contributed by atoms with Gasteiger partial charge in [0.05, 0.1) is 12.7 Å². The summed E-state index contributed by atoms with van der Waals surface area (Å²) in [6.45, 7) is 0. The molecule has 0 aliphatic carbocycles. The highest BCUT2D eigenvalue weighted by Crippen LogP contribution is 2.31. The van der Waals surface area contributed by atoms with Crippen LogP contribution in [0.4, 0.5) is 11.6 Å². The smallest absolute Gasteiger partial charge is 0.155 e. The largest absolute Gasteiger partial charge is 0.497 e. The van der Waals surface area contributed by atoms with Gasteiger partial charge in [0, 0.05) is 0 Å². The van der Waals surface area contributed by atoms with E-state index in [1.807, 2.05) is 24.3 Å². The highest BCUT2D eigenvalue weighted by molar-refractivity contribution is 5.83. The molecule has 5 N–H and O–H groups in total. The summed E-state index contributed by atoms with van der Waals surface area (Å²) in [5.41, 5.74) is 13.0. The number of H-pyrrole nitrogens is 1. The summed E-state index contributed by atoms with van der Waals surface area (Å²) in [6.07, 6.45) is 0. The maximum absolute atomic E-state index is 5.73. The molecule has 0 atom stereocenters. The van der Waals surface area contributed by atoms with Crippen LogP contribution in [0.15, 0.2) is 24.3 Å². The van der Waals surface area contributed by atoms with Crippen LogP contribution in [0.25, 0.3) is 11.1 Å². The number of hydrogen-bond donors (Lipinski definition) is 3. The summed E-state index contributed by atoms with van der Waals surface area (Å²) in [7, 11) is 1.61. The number of nitrogens with zero attached hydrogens (tertiary/aromatic N) is 1. The van der Waals surface area contributed by atoms with Crippen LogP contribution < -0.4 is 16.2 Å². The van der Waals surface area contributed by atoms with Gasteiger partial charge in [0.25, 0.3) is 0 Å². The van der Waals surface area contributed by atoms with E-state index < -0.39 is 0 Å². The highest BCUT2D eigenvalue weighted by atomic mass is 16.5. The molecule has 1 aromatic heterocycles. The summed E-state index contributed by atoms with van der Waals surface area (Å²) in [5, 5.41) is 6.47. The molecule has 0 amide bonds. The summed E-state index contributed by atoms with van der Waals surface area (Å²) in [4.78, 5) is 0. The van der Waals surface area contributed by atoms with E-state index in [1.165, 1.54) is 0 Å². The number of hydrogen-bond acceptors (Lipinski definition) is 4. The van der Waals surface area contributed by atoms with Crippen LogP contribution in [0.3, 0.4) is 0 Å². The summed E-state index contributed by atoms with van der Waals surface area (Å²) < 4.78 is 5.12. The van der Waals surface area contributed by atoms with Gasteiger partial charge in [-0.05, 0) is 17.7 Å². The number of anilines is 2. The molecule has 0 bridgehead atoms. The number of rotatable bonds is 2. The van der Waals surface area contributed by atoms with Crippen LogP contribution in [-0.4, -0.2) is 17.3 Å².